The average Bonchev–Trinajstić information content (AvgIpc) is 2.95. The lowest BCUT2D eigenvalue weighted by atomic mass is 9.95. The summed E-state index contributed by atoms with van der Waals surface area (Å²) in [6.07, 6.45) is 0.683. The van der Waals surface area contributed by atoms with Crippen LogP contribution in [0.15, 0.2) is 48.0 Å². The molecule has 2 aromatic rings. The number of nitrogens with zero attached hydrogens (tertiary/aromatic N) is 2. The van der Waals surface area contributed by atoms with Gasteiger partial charge in [0.2, 0.25) is 0 Å². The van der Waals surface area contributed by atoms with Crippen LogP contribution in [0.3, 0.4) is 0 Å². The summed E-state index contributed by atoms with van der Waals surface area (Å²) >= 11 is 12.3. The quantitative estimate of drug-likeness (QED) is 0.397. The Morgan fingerprint density at radius 3 is 2.33 bits per heavy atom. The van der Waals surface area contributed by atoms with Crippen molar-refractivity contribution in [1.29, 1.82) is 0 Å². The number of carbonyl (C=O) groups excluding carboxylic acids is 2. The number of likely N-dealkylation sites (tertiary alicyclic amines) is 1. The van der Waals surface area contributed by atoms with E-state index in [1.807, 2.05) is 38.1 Å². The van der Waals surface area contributed by atoms with E-state index in [0.717, 1.165) is 12.1 Å². The number of hydrogen-bond acceptors (Lipinski definition) is 4. The van der Waals surface area contributed by atoms with E-state index >= 15 is 0 Å². The summed E-state index contributed by atoms with van der Waals surface area (Å²) in [4.78, 5) is 29.3. The zero-order valence-corrected chi connectivity index (χ0v) is 18.7. The maximum Gasteiger partial charge on any atom is 0.295 e. The monoisotopic (exact) mass is 446 g/mol. The molecule has 5 nitrogen and oxygen atoms in total. The molecule has 1 fully saturated rings. The molecular formula is C23H24Cl2N2O3. The molecule has 30 heavy (non-hydrogen) atoms. The van der Waals surface area contributed by atoms with Gasteiger partial charge in [0.25, 0.3) is 11.7 Å². The maximum absolute atomic E-state index is 13.0. The second kappa shape index (κ2) is 9.21. The van der Waals surface area contributed by atoms with Gasteiger partial charge in [-0.15, -0.1) is 0 Å². The SMILES string of the molecule is Cc1ccc(C(O)=C2C(=O)C(=O)N(CCCN(C)C)C2c2ccc(Cl)c(Cl)c2)cc1. The van der Waals surface area contributed by atoms with E-state index in [4.69, 9.17) is 23.2 Å². The standard InChI is InChI=1S/C23H24Cl2N2O3/c1-14-5-7-15(8-6-14)21(28)19-20(16-9-10-17(24)18(25)13-16)27(23(30)22(19)29)12-4-11-26(2)3/h5-10,13,20,28H,4,11-12H2,1-3H3. The van der Waals surface area contributed by atoms with Crippen LogP contribution in [0.1, 0.15) is 29.2 Å². The number of hydrogen-bond donors (Lipinski definition) is 1. The molecule has 1 aliphatic heterocycles. The summed E-state index contributed by atoms with van der Waals surface area (Å²) in [6, 6.07) is 11.4. The predicted octanol–water partition coefficient (Wildman–Crippen LogP) is 4.68. The van der Waals surface area contributed by atoms with Crippen molar-refractivity contribution in [2.24, 2.45) is 0 Å². The van der Waals surface area contributed by atoms with Gasteiger partial charge in [-0.25, -0.2) is 0 Å². The van der Waals surface area contributed by atoms with Gasteiger partial charge in [-0.1, -0.05) is 59.1 Å². The number of aryl methyl sites for hydroxylation is 1. The minimum absolute atomic E-state index is 0.0621. The highest BCUT2D eigenvalue weighted by molar-refractivity contribution is 6.46. The average molecular weight is 447 g/mol. The van der Waals surface area contributed by atoms with E-state index < -0.39 is 17.7 Å². The lowest BCUT2D eigenvalue weighted by Crippen LogP contribution is -2.32. The van der Waals surface area contributed by atoms with Crippen molar-refractivity contribution in [2.45, 2.75) is 19.4 Å². The van der Waals surface area contributed by atoms with Crippen LogP contribution in [0.25, 0.3) is 5.76 Å². The number of ketones is 1. The summed E-state index contributed by atoms with van der Waals surface area (Å²) in [5.41, 5.74) is 2.20. The summed E-state index contributed by atoms with van der Waals surface area (Å²) < 4.78 is 0. The lowest BCUT2D eigenvalue weighted by molar-refractivity contribution is -0.139. The fourth-order valence-electron chi connectivity index (χ4n) is 3.56. The molecule has 1 heterocycles. The molecule has 0 saturated carbocycles. The van der Waals surface area contributed by atoms with Crippen LogP contribution in [0, 0.1) is 6.92 Å². The largest absolute Gasteiger partial charge is 0.507 e. The highest BCUT2D eigenvalue weighted by Crippen LogP contribution is 2.41. The second-order valence-corrected chi connectivity index (χ2v) is 8.50. The fraction of sp³-hybridized carbons (Fsp3) is 0.304. The Balaban J connectivity index is 2.11. The molecule has 0 radical (unpaired) electrons. The predicted molar refractivity (Wildman–Crippen MR) is 120 cm³/mol. The van der Waals surface area contributed by atoms with Gasteiger partial charge in [-0.2, -0.15) is 0 Å². The molecule has 2 aromatic carbocycles. The minimum atomic E-state index is -0.733. The third-order valence-corrected chi connectivity index (χ3v) is 5.87. The molecule has 0 aromatic heterocycles. The van der Waals surface area contributed by atoms with Gasteiger partial charge in [-0.05, 0) is 51.7 Å². The number of halogens is 2. The number of amides is 1. The molecule has 7 heteroatoms. The molecular weight excluding hydrogens is 423 g/mol. The summed E-state index contributed by atoms with van der Waals surface area (Å²) in [5, 5.41) is 11.7. The van der Waals surface area contributed by atoms with E-state index in [1.165, 1.54) is 4.90 Å². The molecule has 0 aliphatic carbocycles. The zero-order chi connectivity index (χ0) is 22.0. The Labute approximate surface area is 186 Å². The number of Topliss-reactive ketones (excluding diaryl/α,β-unsaturated/α-hetero) is 1. The molecule has 1 saturated heterocycles. The van der Waals surface area contributed by atoms with Gasteiger partial charge < -0.3 is 14.9 Å². The van der Waals surface area contributed by atoms with Crippen LogP contribution < -0.4 is 0 Å². The fourth-order valence-corrected chi connectivity index (χ4v) is 3.87. The van der Waals surface area contributed by atoms with Crippen molar-refractivity contribution in [1.82, 2.24) is 9.80 Å². The molecule has 1 unspecified atom stereocenters. The summed E-state index contributed by atoms with van der Waals surface area (Å²) in [5.74, 6) is -1.52. The Kier molecular flexibility index (Phi) is 6.86. The molecule has 1 N–H and O–H groups in total. The first-order valence-corrected chi connectivity index (χ1v) is 10.4. The normalized spacial score (nSPS) is 18.5. The van der Waals surface area contributed by atoms with Gasteiger partial charge in [0.05, 0.1) is 21.7 Å². The number of aliphatic hydroxyl groups excluding tert-OH is 1. The summed E-state index contributed by atoms with van der Waals surface area (Å²) in [6.45, 7) is 3.07. The number of carbonyl (C=O) groups is 2. The number of rotatable bonds is 6. The van der Waals surface area contributed by atoms with Crippen LogP contribution in [0.4, 0.5) is 0 Å². The number of benzene rings is 2. The van der Waals surface area contributed by atoms with Gasteiger partial charge in [0.15, 0.2) is 0 Å². The van der Waals surface area contributed by atoms with E-state index in [1.54, 1.807) is 30.3 Å². The van der Waals surface area contributed by atoms with Gasteiger partial charge in [-0.3, -0.25) is 9.59 Å². The molecule has 0 bridgehead atoms. The highest BCUT2D eigenvalue weighted by Gasteiger charge is 2.45. The van der Waals surface area contributed by atoms with E-state index in [0.29, 0.717) is 34.1 Å². The topological polar surface area (TPSA) is 60.9 Å². The molecule has 158 valence electrons. The molecule has 3 rings (SSSR count). The van der Waals surface area contributed by atoms with Crippen molar-refractivity contribution in [3.05, 3.63) is 74.8 Å². The molecule has 1 aliphatic rings. The second-order valence-electron chi connectivity index (χ2n) is 7.69. The van der Waals surface area contributed by atoms with Crippen molar-refractivity contribution < 1.29 is 14.7 Å². The first kappa shape index (κ1) is 22.3. The lowest BCUT2D eigenvalue weighted by Gasteiger charge is -2.26. The van der Waals surface area contributed by atoms with Crippen molar-refractivity contribution in [3.63, 3.8) is 0 Å². The summed E-state index contributed by atoms with van der Waals surface area (Å²) in [7, 11) is 3.89. The van der Waals surface area contributed by atoms with Gasteiger partial charge >= 0.3 is 0 Å². The minimum Gasteiger partial charge on any atom is -0.507 e. The molecule has 1 amide bonds. The maximum atomic E-state index is 13.0. The van der Waals surface area contributed by atoms with E-state index in [-0.39, 0.29) is 11.3 Å². The van der Waals surface area contributed by atoms with Crippen molar-refractivity contribution in [3.8, 4) is 0 Å². The Morgan fingerprint density at radius 2 is 1.73 bits per heavy atom. The van der Waals surface area contributed by atoms with Crippen LogP contribution in [-0.2, 0) is 9.59 Å². The van der Waals surface area contributed by atoms with Crippen LogP contribution in [-0.4, -0.2) is 53.8 Å². The smallest absolute Gasteiger partial charge is 0.295 e. The van der Waals surface area contributed by atoms with Crippen molar-refractivity contribution in [2.75, 3.05) is 27.2 Å². The van der Waals surface area contributed by atoms with Crippen LogP contribution >= 0.6 is 23.2 Å². The van der Waals surface area contributed by atoms with E-state index in [2.05, 4.69) is 0 Å². The highest BCUT2D eigenvalue weighted by atomic mass is 35.5. The Hall–Kier alpha value is -2.34. The first-order chi connectivity index (χ1) is 14.2. The third kappa shape index (κ3) is 4.53. The molecule has 1 atom stereocenters. The van der Waals surface area contributed by atoms with Crippen LogP contribution in [0.2, 0.25) is 10.0 Å². The zero-order valence-electron chi connectivity index (χ0n) is 17.2. The van der Waals surface area contributed by atoms with Gasteiger partial charge in [0.1, 0.15) is 5.76 Å². The van der Waals surface area contributed by atoms with Crippen LogP contribution in [0.5, 0.6) is 0 Å². The van der Waals surface area contributed by atoms with Gasteiger partial charge in [0, 0.05) is 12.1 Å². The first-order valence-electron chi connectivity index (χ1n) is 9.66. The molecule has 0 spiro atoms. The van der Waals surface area contributed by atoms with Crippen molar-refractivity contribution >= 4 is 40.7 Å². The van der Waals surface area contributed by atoms with E-state index in [9.17, 15) is 14.7 Å². The third-order valence-electron chi connectivity index (χ3n) is 5.13. The number of aliphatic hydroxyl groups is 1. The Morgan fingerprint density at radius 1 is 1.07 bits per heavy atom. The Bertz CT molecular complexity index is 1000.